The summed E-state index contributed by atoms with van der Waals surface area (Å²) in [5.41, 5.74) is 2.01. The number of hydrogen-bond acceptors (Lipinski definition) is 4. The predicted molar refractivity (Wildman–Crippen MR) is 86.0 cm³/mol. The lowest BCUT2D eigenvalue weighted by molar-refractivity contribution is -0.138. The molecule has 0 aliphatic carbocycles. The molecule has 0 aromatic heterocycles. The first-order chi connectivity index (χ1) is 10.5. The van der Waals surface area contributed by atoms with Crippen molar-refractivity contribution in [2.45, 2.75) is 22.8 Å². The van der Waals surface area contributed by atoms with Crippen LogP contribution in [-0.2, 0) is 4.79 Å². The average Bonchev–Trinajstić information content (AvgIpc) is 2.51. The molecule has 2 aromatic rings. The number of aliphatic carboxylic acids is 1. The molecule has 1 unspecified atom stereocenters. The van der Waals surface area contributed by atoms with Gasteiger partial charge in [0.25, 0.3) is 0 Å². The van der Waals surface area contributed by atoms with E-state index >= 15 is 0 Å². The third-order valence-corrected chi connectivity index (χ3v) is 4.84. The molecule has 1 aliphatic rings. The van der Waals surface area contributed by atoms with Gasteiger partial charge in [-0.1, -0.05) is 23.4 Å². The first-order valence-corrected chi connectivity index (χ1v) is 7.74. The van der Waals surface area contributed by atoms with Crippen molar-refractivity contribution < 1.29 is 9.90 Å². The maximum absolute atomic E-state index is 11.5. The number of nitriles is 1. The summed E-state index contributed by atoms with van der Waals surface area (Å²) in [6, 6.07) is 12.0. The molecule has 0 fully saturated rings. The standard InChI is InChI=1S/C16H11ClN2O2S/c1-9(16(20)21)19-12-4-3-11(17)7-15(12)22-14-5-2-10(8-18)6-13(14)19/h2-7,9H,1H3,(H,20,21). The minimum absolute atomic E-state index is 0.499. The third kappa shape index (κ3) is 2.41. The number of benzene rings is 2. The van der Waals surface area contributed by atoms with E-state index in [-0.39, 0.29) is 0 Å². The highest BCUT2D eigenvalue weighted by atomic mass is 35.5. The van der Waals surface area contributed by atoms with Gasteiger partial charge in [0.15, 0.2) is 0 Å². The molecule has 1 heterocycles. The Morgan fingerprint density at radius 2 is 2.05 bits per heavy atom. The van der Waals surface area contributed by atoms with Gasteiger partial charge in [-0.2, -0.15) is 5.26 Å². The molecule has 0 saturated heterocycles. The quantitative estimate of drug-likeness (QED) is 0.890. The maximum Gasteiger partial charge on any atom is 0.326 e. The summed E-state index contributed by atoms with van der Waals surface area (Å²) in [4.78, 5) is 15.0. The van der Waals surface area contributed by atoms with Crippen LogP contribution in [0.1, 0.15) is 12.5 Å². The van der Waals surface area contributed by atoms with Crippen LogP contribution in [0.5, 0.6) is 0 Å². The zero-order valence-electron chi connectivity index (χ0n) is 11.6. The van der Waals surface area contributed by atoms with Crippen molar-refractivity contribution in [3.05, 3.63) is 47.0 Å². The van der Waals surface area contributed by atoms with Crippen molar-refractivity contribution in [3.63, 3.8) is 0 Å². The molecule has 0 amide bonds. The Hall–Kier alpha value is -2.16. The zero-order valence-corrected chi connectivity index (χ0v) is 13.1. The molecule has 1 atom stereocenters. The molecular formula is C16H11ClN2O2S. The average molecular weight is 331 g/mol. The van der Waals surface area contributed by atoms with E-state index in [0.717, 1.165) is 21.2 Å². The fourth-order valence-electron chi connectivity index (χ4n) is 2.41. The topological polar surface area (TPSA) is 64.3 Å². The monoisotopic (exact) mass is 330 g/mol. The normalized spacial score (nSPS) is 13.8. The van der Waals surface area contributed by atoms with Gasteiger partial charge in [0.05, 0.1) is 23.0 Å². The smallest absolute Gasteiger partial charge is 0.326 e. The molecule has 4 nitrogen and oxygen atoms in total. The highest BCUT2D eigenvalue weighted by Crippen LogP contribution is 2.49. The van der Waals surface area contributed by atoms with E-state index in [1.165, 1.54) is 11.8 Å². The van der Waals surface area contributed by atoms with Crippen molar-refractivity contribution in [3.8, 4) is 6.07 Å². The number of fused-ring (bicyclic) bond motifs is 2. The van der Waals surface area contributed by atoms with Crippen molar-refractivity contribution in [1.29, 1.82) is 5.26 Å². The van der Waals surface area contributed by atoms with Crippen molar-refractivity contribution in [1.82, 2.24) is 0 Å². The van der Waals surface area contributed by atoms with Gasteiger partial charge in [0.2, 0.25) is 0 Å². The van der Waals surface area contributed by atoms with E-state index < -0.39 is 12.0 Å². The molecule has 0 spiro atoms. The maximum atomic E-state index is 11.5. The molecule has 110 valence electrons. The van der Waals surface area contributed by atoms with Gasteiger partial charge >= 0.3 is 5.97 Å². The lowest BCUT2D eigenvalue weighted by Gasteiger charge is -2.35. The number of anilines is 2. The van der Waals surface area contributed by atoms with Crippen LogP contribution in [0.2, 0.25) is 5.02 Å². The van der Waals surface area contributed by atoms with E-state index in [2.05, 4.69) is 6.07 Å². The van der Waals surface area contributed by atoms with E-state index in [1.807, 2.05) is 18.2 Å². The van der Waals surface area contributed by atoms with Crippen LogP contribution in [-0.4, -0.2) is 17.1 Å². The van der Waals surface area contributed by atoms with Crippen LogP contribution in [0.25, 0.3) is 0 Å². The van der Waals surface area contributed by atoms with Gasteiger partial charge in [-0.25, -0.2) is 4.79 Å². The lowest BCUT2D eigenvalue weighted by Crippen LogP contribution is -2.37. The van der Waals surface area contributed by atoms with Crippen LogP contribution >= 0.6 is 23.4 Å². The Labute approximate surface area is 136 Å². The Morgan fingerprint density at radius 3 is 2.73 bits per heavy atom. The van der Waals surface area contributed by atoms with Crippen molar-refractivity contribution in [2.24, 2.45) is 0 Å². The summed E-state index contributed by atoms with van der Waals surface area (Å²) >= 11 is 7.57. The molecule has 1 N–H and O–H groups in total. The van der Waals surface area contributed by atoms with Gasteiger partial charge in [-0.05, 0) is 43.3 Å². The second-order valence-electron chi connectivity index (χ2n) is 4.89. The van der Waals surface area contributed by atoms with Crippen molar-refractivity contribution >= 4 is 40.7 Å². The molecule has 0 bridgehead atoms. The fourth-order valence-corrected chi connectivity index (χ4v) is 3.73. The van der Waals surface area contributed by atoms with Gasteiger partial charge in [-0.3, -0.25) is 0 Å². The van der Waals surface area contributed by atoms with E-state index in [4.69, 9.17) is 16.9 Å². The number of carboxylic acid groups (broad SMARTS) is 1. The lowest BCUT2D eigenvalue weighted by atomic mass is 10.1. The van der Waals surface area contributed by atoms with Crippen molar-refractivity contribution in [2.75, 3.05) is 4.90 Å². The molecule has 6 heteroatoms. The number of carbonyl (C=O) groups is 1. The summed E-state index contributed by atoms with van der Waals surface area (Å²) in [5, 5.41) is 19.1. The molecule has 0 radical (unpaired) electrons. The zero-order chi connectivity index (χ0) is 15.9. The molecule has 22 heavy (non-hydrogen) atoms. The Morgan fingerprint density at radius 1 is 1.27 bits per heavy atom. The number of hydrogen-bond donors (Lipinski definition) is 1. The molecule has 3 rings (SSSR count). The number of nitrogens with zero attached hydrogens (tertiary/aromatic N) is 2. The van der Waals surface area contributed by atoms with Crippen LogP contribution in [0, 0.1) is 11.3 Å². The minimum atomic E-state index is -0.930. The SMILES string of the molecule is CC(C(=O)O)N1c2ccc(Cl)cc2Sc2ccc(C#N)cc21. The Kier molecular flexibility index (Phi) is 3.73. The Bertz CT molecular complexity index is 816. The van der Waals surface area contributed by atoms with Crippen LogP contribution in [0.4, 0.5) is 11.4 Å². The largest absolute Gasteiger partial charge is 0.480 e. The summed E-state index contributed by atoms with van der Waals surface area (Å²) < 4.78 is 0. The molecule has 0 saturated carbocycles. The summed E-state index contributed by atoms with van der Waals surface area (Å²) in [5.74, 6) is -0.930. The third-order valence-electron chi connectivity index (χ3n) is 3.49. The Balaban J connectivity index is 2.23. The fraction of sp³-hybridized carbons (Fsp3) is 0.125. The molecular weight excluding hydrogens is 320 g/mol. The first kappa shape index (κ1) is 14.8. The predicted octanol–water partition coefficient (Wildman–Crippen LogP) is 4.29. The van der Waals surface area contributed by atoms with Gasteiger partial charge in [0, 0.05) is 14.8 Å². The second kappa shape index (κ2) is 5.56. The highest BCUT2D eigenvalue weighted by molar-refractivity contribution is 7.99. The van der Waals surface area contributed by atoms with Gasteiger partial charge in [0.1, 0.15) is 6.04 Å². The van der Waals surface area contributed by atoms with Crippen LogP contribution in [0.15, 0.2) is 46.2 Å². The molecule has 1 aliphatic heterocycles. The van der Waals surface area contributed by atoms with Gasteiger partial charge in [-0.15, -0.1) is 0 Å². The van der Waals surface area contributed by atoms with Crippen LogP contribution < -0.4 is 4.90 Å². The summed E-state index contributed by atoms with van der Waals surface area (Å²) in [6.07, 6.45) is 0. The van der Waals surface area contributed by atoms with E-state index in [9.17, 15) is 9.90 Å². The van der Waals surface area contributed by atoms with E-state index in [1.54, 1.807) is 30.0 Å². The first-order valence-electron chi connectivity index (χ1n) is 6.55. The summed E-state index contributed by atoms with van der Waals surface area (Å²) in [7, 11) is 0. The van der Waals surface area contributed by atoms with E-state index in [0.29, 0.717) is 10.6 Å². The number of halogens is 1. The number of rotatable bonds is 2. The van der Waals surface area contributed by atoms with Crippen LogP contribution in [0.3, 0.4) is 0 Å². The summed E-state index contributed by atoms with van der Waals surface area (Å²) in [6.45, 7) is 1.62. The molecule has 2 aromatic carbocycles. The van der Waals surface area contributed by atoms with Gasteiger partial charge < -0.3 is 10.0 Å². The second-order valence-corrected chi connectivity index (χ2v) is 6.41. The minimum Gasteiger partial charge on any atom is -0.480 e. The number of carboxylic acids is 1. The highest BCUT2D eigenvalue weighted by Gasteiger charge is 2.30.